The zero-order valence-electron chi connectivity index (χ0n) is 11.0. The summed E-state index contributed by atoms with van der Waals surface area (Å²) in [6, 6.07) is 0. The van der Waals surface area contributed by atoms with Crippen LogP contribution in [0.4, 0.5) is 0 Å². The molecular formula is C12H19ClN2O4. The number of nitrogens with zero attached hydrogens (tertiary/aromatic N) is 2. The molecule has 19 heavy (non-hydrogen) atoms. The maximum atomic E-state index is 5.62. The molecule has 0 radical (unpaired) electrons. The molecule has 0 fully saturated rings. The number of ether oxygens (including phenoxy) is 4. The highest BCUT2D eigenvalue weighted by atomic mass is 35.5. The van der Waals surface area contributed by atoms with E-state index in [9.17, 15) is 0 Å². The van der Waals surface area contributed by atoms with Crippen molar-refractivity contribution < 1.29 is 18.9 Å². The Morgan fingerprint density at radius 1 is 0.895 bits per heavy atom. The van der Waals surface area contributed by atoms with Crippen LogP contribution in [0.15, 0.2) is 12.4 Å². The molecule has 1 heterocycles. The molecule has 1 rings (SSSR count). The Bertz CT molecular complexity index is 324. The van der Waals surface area contributed by atoms with Crippen LogP contribution in [0.1, 0.15) is 5.69 Å². The number of hydrogen-bond donors (Lipinski definition) is 0. The minimum atomic E-state index is 0.376. The summed E-state index contributed by atoms with van der Waals surface area (Å²) in [5.74, 6) is 0. The molecule has 0 spiro atoms. The van der Waals surface area contributed by atoms with E-state index in [-0.39, 0.29) is 0 Å². The van der Waals surface area contributed by atoms with Crippen LogP contribution >= 0.6 is 11.6 Å². The van der Waals surface area contributed by atoms with Crippen molar-refractivity contribution in [3.63, 3.8) is 0 Å². The molecule has 0 amide bonds. The molecule has 0 aliphatic rings. The lowest BCUT2D eigenvalue weighted by atomic mass is 10.5. The summed E-state index contributed by atoms with van der Waals surface area (Å²) < 4.78 is 20.8. The summed E-state index contributed by atoms with van der Waals surface area (Å²) in [5, 5.41) is 0.376. The first kappa shape index (κ1) is 16.3. The van der Waals surface area contributed by atoms with Crippen LogP contribution in [0.2, 0.25) is 5.15 Å². The van der Waals surface area contributed by atoms with Gasteiger partial charge in [0.25, 0.3) is 0 Å². The minimum Gasteiger partial charge on any atom is -0.382 e. The third-order valence-electron chi connectivity index (χ3n) is 2.10. The van der Waals surface area contributed by atoms with E-state index < -0.39 is 0 Å². The summed E-state index contributed by atoms with van der Waals surface area (Å²) >= 11 is 5.62. The monoisotopic (exact) mass is 290 g/mol. The molecule has 0 aliphatic heterocycles. The van der Waals surface area contributed by atoms with E-state index in [4.69, 9.17) is 30.5 Å². The topological polar surface area (TPSA) is 62.7 Å². The van der Waals surface area contributed by atoms with Crippen molar-refractivity contribution in [1.82, 2.24) is 9.97 Å². The van der Waals surface area contributed by atoms with Gasteiger partial charge < -0.3 is 18.9 Å². The summed E-state index contributed by atoms with van der Waals surface area (Å²) in [6.45, 7) is 3.73. The fraction of sp³-hybridized carbons (Fsp3) is 0.667. The molecule has 1 aromatic heterocycles. The Hall–Kier alpha value is -0.790. The number of hydrogen-bond acceptors (Lipinski definition) is 6. The van der Waals surface area contributed by atoms with Crippen LogP contribution < -0.4 is 0 Å². The van der Waals surface area contributed by atoms with Gasteiger partial charge in [0.15, 0.2) is 0 Å². The Morgan fingerprint density at radius 3 is 2.11 bits per heavy atom. The van der Waals surface area contributed by atoms with Crippen molar-refractivity contribution in [2.75, 3.05) is 46.8 Å². The predicted octanol–water partition coefficient (Wildman–Crippen LogP) is 1.33. The van der Waals surface area contributed by atoms with Gasteiger partial charge in [0, 0.05) is 7.11 Å². The quantitative estimate of drug-likeness (QED) is 0.573. The maximum Gasteiger partial charge on any atom is 0.147 e. The van der Waals surface area contributed by atoms with Crippen molar-refractivity contribution >= 4 is 11.6 Å². The highest BCUT2D eigenvalue weighted by Gasteiger charge is 1.96. The predicted molar refractivity (Wildman–Crippen MR) is 70.2 cm³/mol. The van der Waals surface area contributed by atoms with Gasteiger partial charge in [-0.2, -0.15) is 0 Å². The third kappa shape index (κ3) is 8.85. The molecule has 0 N–H and O–H groups in total. The molecule has 1 aromatic rings. The zero-order chi connectivity index (χ0) is 13.8. The van der Waals surface area contributed by atoms with Gasteiger partial charge >= 0.3 is 0 Å². The highest BCUT2D eigenvalue weighted by molar-refractivity contribution is 6.29. The molecule has 0 unspecified atom stereocenters. The van der Waals surface area contributed by atoms with E-state index >= 15 is 0 Å². The maximum absolute atomic E-state index is 5.62. The minimum absolute atomic E-state index is 0.376. The zero-order valence-corrected chi connectivity index (χ0v) is 11.8. The van der Waals surface area contributed by atoms with E-state index in [1.54, 1.807) is 13.3 Å². The van der Waals surface area contributed by atoms with Crippen molar-refractivity contribution in [3.05, 3.63) is 23.2 Å². The van der Waals surface area contributed by atoms with Crippen LogP contribution in [0.25, 0.3) is 0 Å². The number of halogens is 1. The fourth-order valence-corrected chi connectivity index (χ4v) is 1.27. The molecule has 0 atom stereocenters. The lowest BCUT2D eigenvalue weighted by molar-refractivity contribution is 0.000433. The van der Waals surface area contributed by atoms with E-state index in [2.05, 4.69) is 9.97 Å². The van der Waals surface area contributed by atoms with E-state index in [0.717, 1.165) is 5.69 Å². The second-order valence-electron chi connectivity index (χ2n) is 3.60. The highest BCUT2D eigenvalue weighted by Crippen LogP contribution is 2.02. The largest absolute Gasteiger partial charge is 0.382 e. The van der Waals surface area contributed by atoms with Crippen LogP contribution in [-0.4, -0.2) is 56.7 Å². The van der Waals surface area contributed by atoms with Gasteiger partial charge in [-0.25, -0.2) is 4.98 Å². The molecule has 0 aliphatic carbocycles. The molecule has 0 bridgehead atoms. The second kappa shape index (κ2) is 11.1. The molecule has 0 aromatic carbocycles. The van der Waals surface area contributed by atoms with Crippen LogP contribution in [0, 0.1) is 0 Å². The standard InChI is InChI=1S/C12H19ClN2O4/c1-16-2-3-17-4-5-18-6-7-19-10-11-8-15-12(13)9-14-11/h8-9H,2-7,10H2,1H3. The van der Waals surface area contributed by atoms with Crippen molar-refractivity contribution in [1.29, 1.82) is 0 Å². The van der Waals surface area contributed by atoms with Crippen LogP contribution in [0.5, 0.6) is 0 Å². The normalized spacial score (nSPS) is 10.8. The summed E-state index contributed by atoms with van der Waals surface area (Å²) in [7, 11) is 1.64. The molecular weight excluding hydrogens is 272 g/mol. The Labute approximate surface area is 118 Å². The molecule has 6 nitrogen and oxygen atoms in total. The lowest BCUT2D eigenvalue weighted by Crippen LogP contribution is -2.11. The van der Waals surface area contributed by atoms with Crippen LogP contribution in [-0.2, 0) is 25.6 Å². The van der Waals surface area contributed by atoms with E-state index in [1.165, 1.54) is 6.20 Å². The number of aromatic nitrogens is 2. The van der Waals surface area contributed by atoms with Gasteiger partial charge in [0.1, 0.15) is 5.15 Å². The number of methoxy groups -OCH3 is 1. The van der Waals surface area contributed by atoms with Gasteiger partial charge in [-0.1, -0.05) is 11.6 Å². The van der Waals surface area contributed by atoms with Gasteiger partial charge in [-0.15, -0.1) is 0 Å². The fourth-order valence-electron chi connectivity index (χ4n) is 1.17. The molecule has 0 saturated heterocycles. The van der Waals surface area contributed by atoms with E-state index in [1.807, 2.05) is 0 Å². The van der Waals surface area contributed by atoms with Gasteiger partial charge in [-0.05, 0) is 0 Å². The second-order valence-corrected chi connectivity index (χ2v) is 3.99. The lowest BCUT2D eigenvalue weighted by Gasteiger charge is -2.06. The molecule has 108 valence electrons. The first-order chi connectivity index (χ1) is 9.33. The Morgan fingerprint density at radius 2 is 1.53 bits per heavy atom. The smallest absolute Gasteiger partial charge is 0.147 e. The summed E-state index contributed by atoms with van der Waals surface area (Å²) in [4.78, 5) is 7.97. The van der Waals surface area contributed by atoms with Crippen molar-refractivity contribution in [2.24, 2.45) is 0 Å². The third-order valence-corrected chi connectivity index (χ3v) is 2.29. The Balaban J connectivity index is 1.87. The van der Waals surface area contributed by atoms with Crippen molar-refractivity contribution in [2.45, 2.75) is 6.61 Å². The SMILES string of the molecule is COCCOCCOCCOCc1cnc(Cl)cn1. The van der Waals surface area contributed by atoms with Gasteiger partial charge in [0.2, 0.25) is 0 Å². The Kier molecular flexibility index (Phi) is 9.48. The van der Waals surface area contributed by atoms with E-state index in [0.29, 0.717) is 51.4 Å². The summed E-state index contributed by atoms with van der Waals surface area (Å²) in [6.07, 6.45) is 3.08. The molecule has 0 saturated carbocycles. The van der Waals surface area contributed by atoms with Gasteiger partial charge in [0.05, 0.1) is 64.3 Å². The first-order valence-electron chi connectivity index (χ1n) is 6.01. The van der Waals surface area contributed by atoms with Crippen LogP contribution in [0.3, 0.4) is 0 Å². The van der Waals surface area contributed by atoms with Crippen molar-refractivity contribution in [3.8, 4) is 0 Å². The molecule has 7 heteroatoms. The average Bonchev–Trinajstić information content (AvgIpc) is 2.43. The average molecular weight is 291 g/mol. The van der Waals surface area contributed by atoms with Gasteiger partial charge in [-0.3, -0.25) is 4.98 Å². The summed E-state index contributed by atoms with van der Waals surface area (Å²) in [5.41, 5.74) is 0.743. The first-order valence-corrected chi connectivity index (χ1v) is 6.39. The number of rotatable bonds is 11.